The summed E-state index contributed by atoms with van der Waals surface area (Å²) in [6.07, 6.45) is 0.118. The average Bonchev–Trinajstić information content (AvgIpc) is 2.32. The van der Waals surface area contributed by atoms with Crippen LogP contribution in [0, 0.1) is 5.41 Å². The van der Waals surface area contributed by atoms with Crippen LogP contribution >= 0.6 is 0 Å². The molecule has 0 saturated carbocycles. The van der Waals surface area contributed by atoms with Gasteiger partial charge in [-0.05, 0) is 42.9 Å². The Morgan fingerprint density at radius 2 is 1.67 bits per heavy atom. The third kappa shape index (κ3) is 6.14. The van der Waals surface area contributed by atoms with Crippen LogP contribution in [0.3, 0.4) is 0 Å². The van der Waals surface area contributed by atoms with Crippen molar-refractivity contribution in [1.82, 2.24) is 0 Å². The average molecular weight is 335 g/mol. The highest BCUT2D eigenvalue weighted by molar-refractivity contribution is 6.74. The van der Waals surface area contributed by atoms with Gasteiger partial charge in [0.1, 0.15) is 0 Å². The lowest BCUT2D eigenvalue weighted by molar-refractivity contribution is 0.0216. The summed E-state index contributed by atoms with van der Waals surface area (Å²) in [7, 11) is -2.30. The van der Waals surface area contributed by atoms with Crippen molar-refractivity contribution in [3.8, 4) is 0 Å². The van der Waals surface area contributed by atoms with E-state index < -0.39 is 14.4 Å². The van der Waals surface area contributed by atoms with Gasteiger partial charge in [0.15, 0.2) is 18.1 Å². The smallest absolute Gasteiger partial charge is 0.193 e. The van der Waals surface area contributed by atoms with Gasteiger partial charge in [-0.2, -0.15) is 0 Å². The second-order valence-electron chi connectivity index (χ2n) is 8.18. The van der Waals surface area contributed by atoms with Crippen LogP contribution in [0.2, 0.25) is 24.2 Å². The van der Waals surface area contributed by atoms with E-state index >= 15 is 0 Å². The Kier molecular flexibility index (Phi) is 8.37. The first-order valence-electron chi connectivity index (χ1n) is 8.30. The van der Waals surface area contributed by atoms with Crippen LogP contribution in [0.5, 0.6) is 0 Å². The zero-order valence-corrected chi connectivity index (χ0v) is 18.2. The molecule has 0 aromatic heterocycles. The van der Waals surface area contributed by atoms with Crippen molar-refractivity contribution in [3.05, 3.63) is 0 Å². The summed E-state index contributed by atoms with van der Waals surface area (Å²) in [5.74, 6) is 0. The monoisotopic (exact) mass is 334 g/mol. The lowest BCUT2D eigenvalue weighted by atomic mass is 9.82. The first kappa shape index (κ1) is 21.3. The first-order chi connectivity index (χ1) is 9.37. The summed E-state index contributed by atoms with van der Waals surface area (Å²) in [6, 6.07) is 1.15. The Labute approximate surface area is 135 Å². The third-order valence-corrected chi connectivity index (χ3v) is 11.0. The van der Waals surface area contributed by atoms with E-state index in [1.54, 1.807) is 0 Å². The maximum atomic E-state index is 10.3. The molecule has 5 heteroatoms. The molecular formula is C16H38O3Si2. The Bertz CT molecular complexity index is 298. The van der Waals surface area contributed by atoms with Crippen LogP contribution in [-0.4, -0.2) is 42.0 Å². The van der Waals surface area contributed by atoms with Crippen LogP contribution in [0.15, 0.2) is 0 Å². The van der Waals surface area contributed by atoms with Crippen LogP contribution in [0.4, 0.5) is 0 Å². The van der Waals surface area contributed by atoms with Gasteiger partial charge in [0.2, 0.25) is 0 Å². The van der Waals surface area contributed by atoms with E-state index in [1.807, 2.05) is 6.92 Å². The largest absolute Gasteiger partial charge is 0.424 e. The van der Waals surface area contributed by atoms with Crippen LogP contribution in [0.1, 0.15) is 54.9 Å². The molecule has 1 N–H and O–H groups in total. The van der Waals surface area contributed by atoms with Gasteiger partial charge in [0.05, 0.1) is 12.2 Å². The van der Waals surface area contributed by atoms with Gasteiger partial charge in [-0.15, -0.1) is 0 Å². The first-order valence-corrected chi connectivity index (χ1v) is 12.8. The molecule has 0 aliphatic rings. The Hall–Kier alpha value is 0.314. The van der Waals surface area contributed by atoms with Crippen LogP contribution in [-0.2, 0) is 8.85 Å². The molecular weight excluding hydrogens is 296 g/mol. The van der Waals surface area contributed by atoms with Gasteiger partial charge in [0.25, 0.3) is 0 Å². The zero-order chi connectivity index (χ0) is 16.9. The van der Waals surface area contributed by atoms with Crippen molar-refractivity contribution < 1.29 is 14.0 Å². The van der Waals surface area contributed by atoms with Crippen molar-refractivity contribution in [2.75, 3.05) is 6.61 Å². The fourth-order valence-electron chi connectivity index (χ4n) is 2.28. The van der Waals surface area contributed by atoms with Gasteiger partial charge in [-0.1, -0.05) is 41.5 Å². The molecule has 0 aromatic carbocycles. The summed E-state index contributed by atoms with van der Waals surface area (Å²) in [6.45, 7) is 20.8. The summed E-state index contributed by atoms with van der Waals surface area (Å²) >= 11 is 0. The molecule has 0 heterocycles. The lowest BCUT2D eigenvalue weighted by Crippen LogP contribution is -2.52. The van der Waals surface area contributed by atoms with E-state index in [-0.39, 0.29) is 26.3 Å². The molecule has 0 radical (unpaired) electrons. The Balaban J connectivity index is 4.57. The highest BCUT2D eigenvalue weighted by atomic mass is 28.4. The molecule has 2 atom stereocenters. The van der Waals surface area contributed by atoms with E-state index in [9.17, 15) is 5.11 Å². The fourth-order valence-corrected chi connectivity index (χ4v) is 6.13. The number of hydrogen-bond donors (Lipinski definition) is 1. The van der Waals surface area contributed by atoms with Crippen molar-refractivity contribution in [3.63, 3.8) is 0 Å². The second kappa shape index (κ2) is 8.25. The molecule has 0 amide bonds. The fraction of sp³-hybridized carbons (Fsp3) is 1.00. The standard InChI is InChI=1S/C16H38O3Si2/c1-10-20-18-12-11-14(17)13(2)19-21(8,9)16(6,7)15(3,4)5/h13-14,17H,10-12,20H2,1-9H3. The van der Waals surface area contributed by atoms with Crippen molar-refractivity contribution in [2.45, 2.75) is 91.3 Å². The van der Waals surface area contributed by atoms with Crippen LogP contribution < -0.4 is 0 Å². The zero-order valence-electron chi connectivity index (χ0n) is 15.7. The van der Waals surface area contributed by atoms with Gasteiger partial charge in [-0.3, -0.25) is 0 Å². The topological polar surface area (TPSA) is 38.7 Å². The minimum absolute atomic E-state index is 0.125. The van der Waals surface area contributed by atoms with E-state index in [0.717, 1.165) is 6.04 Å². The van der Waals surface area contributed by atoms with E-state index in [0.29, 0.717) is 13.0 Å². The molecule has 0 fully saturated rings. The maximum absolute atomic E-state index is 10.3. The van der Waals surface area contributed by atoms with Crippen molar-refractivity contribution in [2.24, 2.45) is 5.41 Å². The predicted molar refractivity (Wildman–Crippen MR) is 97.1 cm³/mol. The molecule has 0 aromatic rings. The summed E-state index contributed by atoms with van der Waals surface area (Å²) < 4.78 is 12.0. The number of aliphatic hydroxyl groups excluding tert-OH is 1. The molecule has 0 bridgehead atoms. The SMILES string of the molecule is CC[SiH2]OCCC(O)C(C)O[Si](C)(C)C(C)(C)C(C)(C)C. The van der Waals surface area contributed by atoms with Crippen molar-refractivity contribution >= 4 is 18.1 Å². The molecule has 2 unspecified atom stereocenters. The molecule has 0 saturated heterocycles. The van der Waals surface area contributed by atoms with E-state index in [2.05, 4.69) is 54.6 Å². The van der Waals surface area contributed by atoms with Gasteiger partial charge in [-0.25, -0.2) is 0 Å². The molecule has 0 rings (SSSR count). The summed E-state index contributed by atoms with van der Waals surface area (Å²) in [5, 5.41) is 10.4. The molecule has 128 valence electrons. The van der Waals surface area contributed by atoms with Crippen LogP contribution in [0.25, 0.3) is 0 Å². The molecule has 0 aliphatic heterocycles. The van der Waals surface area contributed by atoms with Gasteiger partial charge >= 0.3 is 0 Å². The quantitative estimate of drug-likeness (QED) is 0.516. The highest BCUT2D eigenvalue weighted by Crippen LogP contribution is 2.52. The Morgan fingerprint density at radius 1 is 1.14 bits per heavy atom. The predicted octanol–water partition coefficient (Wildman–Crippen LogP) is 3.71. The number of hydrogen-bond acceptors (Lipinski definition) is 3. The number of aliphatic hydroxyl groups is 1. The molecule has 0 spiro atoms. The van der Waals surface area contributed by atoms with Gasteiger partial charge < -0.3 is 14.0 Å². The van der Waals surface area contributed by atoms with Gasteiger partial charge in [0, 0.05) is 6.61 Å². The molecule has 3 nitrogen and oxygen atoms in total. The molecule has 21 heavy (non-hydrogen) atoms. The summed E-state index contributed by atoms with van der Waals surface area (Å²) in [5.41, 5.74) is 0.184. The normalized spacial score (nSPS) is 17.4. The second-order valence-corrected chi connectivity index (χ2v) is 14.5. The number of rotatable bonds is 9. The Morgan fingerprint density at radius 3 is 2.10 bits per heavy atom. The molecule has 0 aliphatic carbocycles. The maximum Gasteiger partial charge on any atom is 0.193 e. The minimum atomic E-state index is -1.94. The third-order valence-electron chi connectivity index (χ3n) is 5.31. The minimum Gasteiger partial charge on any atom is -0.424 e. The lowest BCUT2D eigenvalue weighted by Gasteiger charge is -2.49. The highest BCUT2D eigenvalue weighted by Gasteiger charge is 2.49. The summed E-state index contributed by atoms with van der Waals surface area (Å²) in [4.78, 5) is 0. The van der Waals surface area contributed by atoms with Crippen molar-refractivity contribution in [1.29, 1.82) is 0 Å². The van der Waals surface area contributed by atoms with E-state index in [1.165, 1.54) is 0 Å². The van der Waals surface area contributed by atoms with E-state index in [4.69, 9.17) is 8.85 Å².